The van der Waals surface area contributed by atoms with E-state index in [0.717, 1.165) is 37.9 Å². The summed E-state index contributed by atoms with van der Waals surface area (Å²) in [5.41, 5.74) is 4.19. The average Bonchev–Trinajstić information content (AvgIpc) is 3.14. The number of hydrogen-bond acceptors (Lipinski definition) is 5. The zero-order valence-electron chi connectivity index (χ0n) is 15.6. The Balaban J connectivity index is 1.60. The molecule has 0 aliphatic rings. The van der Waals surface area contributed by atoms with Crippen LogP contribution in [0.15, 0.2) is 60.8 Å². The summed E-state index contributed by atoms with van der Waals surface area (Å²) in [5, 5.41) is 3.90. The standard InChI is InChI=1S/C22H19N3O2S/c1-3-27-16-11-9-15(10-12-16)20(26)24-18-7-4-6-17(14(18)2)21-25-19-8-5-13-23-22(19)28-21/h4-13H,3H2,1-2H3,(H,24,26). The Hall–Kier alpha value is -3.25. The average molecular weight is 389 g/mol. The summed E-state index contributed by atoms with van der Waals surface area (Å²) in [7, 11) is 0. The van der Waals surface area contributed by atoms with E-state index in [2.05, 4.69) is 15.3 Å². The number of benzene rings is 2. The van der Waals surface area contributed by atoms with E-state index >= 15 is 0 Å². The van der Waals surface area contributed by atoms with Gasteiger partial charge in [-0.15, -0.1) is 0 Å². The fourth-order valence-electron chi connectivity index (χ4n) is 2.95. The van der Waals surface area contributed by atoms with E-state index in [4.69, 9.17) is 4.74 Å². The Labute approximate surface area is 167 Å². The molecule has 0 saturated heterocycles. The molecule has 0 aliphatic heterocycles. The number of amides is 1. The first kappa shape index (κ1) is 18.1. The monoisotopic (exact) mass is 389 g/mol. The number of pyridine rings is 1. The molecule has 140 valence electrons. The maximum atomic E-state index is 12.6. The van der Waals surface area contributed by atoms with E-state index in [-0.39, 0.29) is 5.91 Å². The molecule has 28 heavy (non-hydrogen) atoms. The lowest BCUT2D eigenvalue weighted by Gasteiger charge is -2.11. The minimum atomic E-state index is -0.158. The molecule has 5 nitrogen and oxygen atoms in total. The second-order valence-electron chi connectivity index (χ2n) is 6.24. The number of aromatic nitrogens is 2. The largest absolute Gasteiger partial charge is 0.494 e. The van der Waals surface area contributed by atoms with E-state index in [1.165, 1.54) is 0 Å². The Kier molecular flexibility index (Phi) is 5.04. The van der Waals surface area contributed by atoms with Gasteiger partial charge in [-0.25, -0.2) is 9.97 Å². The van der Waals surface area contributed by atoms with Crippen molar-refractivity contribution in [3.63, 3.8) is 0 Å². The fourth-order valence-corrected chi connectivity index (χ4v) is 3.94. The van der Waals surface area contributed by atoms with Crippen LogP contribution in [-0.4, -0.2) is 22.5 Å². The predicted octanol–water partition coefficient (Wildman–Crippen LogP) is 5.32. The number of ether oxygens (including phenoxy) is 1. The van der Waals surface area contributed by atoms with Crippen LogP contribution in [0.25, 0.3) is 20.9 Å². The molecule has 0 spiro atoms. The summed E-state index contributed by atoms with van der Waals surface area (Å²) in [4.78, 5) is 22.6. The quantitative estimate of drug-likeness (QED) is 0.502. The molecule has 0 bridgehead atoms. The lowest BCUT2D eigenvalue weighted by atomic mass is 10.1. The number of carbonyl (C=O) groups excluding carboxylic acids is 1. The van der Waals surface area contributed by atoms with Gasteiger partial charge >= 0.3 is 0 Å². The van der Waals surface area contributed by atoms with Gasteiger partial charge in [-0.3, -0.25) is 4.79 Å². The van der Waals surface area contributed by atoms with Gasteiger partial charge in [-0.1, -0.05) is 23.5 Å². The molecule has 2 aromatic carbocycles. The second-order valence-corrected chi connectivity index (χ2v) is 7.21. The van der Waals surface area contributed by atoms with Gasteiger partial charge in [-0.05, 0) is 61.9 Å². The molecule has 6 heteroatoms. The van der Waals surface area contributed by atoms with Crippen molar-refractivity contribution in [2.24, 2.45) is 0 Å². The van der Waals surface area contributed by atoms with Crippen molar-refractivity contribution in [2.45, 2.75) is 13.8 Å². The third-order valence-corrected chi connectivity index (χ3v) is 5.42. The van der Waals surface area contributed by atoms with Crippen LogP contribution in [0.3, 0.4) is 0 Å². The summed E-state index contributed by atoms with van der Waals surface area (Å²) in [6.45, 7) is 4.51. The van der Waals surface area contributed by atoms with E-state index in [0.29, 0.717) is 12.2 Å². The third-order valence-electron chi connectivity index (χ3n) is 4.41. The molecule has 0 saturated carbocycles. The van der Waals surface area contributed by atoms with Crippen molar-refractivity contribution in [3.8, 4) is 16.3 Å². The van der Waals surface area contributed by atoms with E-state index in [1.807, 2.05) is 44.2 Å². The number of anilines is 1. The van der Waals surface area contributed by atoms with Crippen molar-refractivity contribution in [3.05, 3.63) is 71.9 Å². The SMILES string of the molecule is CCOc1ccc(C(=O)Nc2cccc(-c3nc4cccnc4s3)c2C)cc1. The lowest BCUT2D eigenvalue weighted by Crippen LogP contribution is -2.13. The number of thiazole rings is 1. The molecule has 0 fully saturated rings. The van der Waals surface area contributed by atoms with Crippen LogP contribution in [0.2, 0.25) is 0 Å². The molecule has 4 rings (SSSR count). The summed E-state index contributed by atoms with van der Waals surface area (Å²) in [5.74, 6) is 0.593. The first-order valence-corrected chi connectivity index (χ1v) is 9.83. The van der Waals surface area contributed by atoms with E-state index in [9.17, 15) is 4.79 Å². The number of nitrogens with one attached hydrogen (secondary N) is 1. The van der Waals surface area contributed by atoms with Gasteiger partial charge in [0.2, 0.25) is 0 Å². The van der Waals surface area contributed by atoms with Crippen molar-refractivity contribution >= 4 is 33.3 Å². The molecule has 1 N–H and O–H groups in total. The summed E-state index contributed by atoms with van der Waals surface area (Å²) in [6, 6.07) is 16.8. The Bertz CT molecular complexity index is 1100. The molecular formula is C22H19N3O2S. The topological polar surface area (TPSA) is 64.1 Å². The normalized spacial score (nSPS) is 10.8. The number of hydrogen-bond donors (Lipinski definition) is 1. The second kappa shape index (κ2) is 7.78. The van der Waals surface area contributed by atoms with Gasteiger partial charge in [0.15, 0.2) is 0 Å². The van der Waals surface area contributed by atoms with Crippen LogP contribution in [-0.2, 0) is 0 Å². The van der Waals surface area contributed by atoms with Gasteiger partial charge in [0, 0.05) is 23.0 Å². The maximum absolute atomic E-state index is 12.6. The van der Waals surface area contributed by atoms with Gasteiger partial charge in [0.05, 0.1) is 6.61 Å². The minimum absolute atomic E-state index is 0.158. The number of fused-ring (bicyclic) bond motifs is 1. The molecule has 0 unspecified atom stereocenters. The Morgan fingerprint density at radius 3 is 2.68 bits per heavy atom. The third kappa shape index (κ3) is 3.59. The highest BCUT2D eigenvalue weighted by atomic mass is 32.1. The van der Waals surface area contributed by atoms with Crippen LogP contribution in [0.1, 0.15) is 22.8 Å². The van der Waals surface area contributed by atoms with Crippen LogP contribution in [0, 0.1) is 6.92 Å². The van der Waals surface area contributed by atoms with Gasteiger partial charge in [-0.2, -0.15) is 0 Å². The number of carbonyl (C=O) groups is 1. The van der Waals surface area contributed by atoms with Crippen molar-refractivity contribution in [1.82, 2.24) is 9.97 Å². The Morgan fingerprint density at radius 2 is 1.93 bits per heavy atom. The summed E-state index contributed by atoms with van der Waals surface area (Å²) < 4.78 is 5.43. The molecule has 0 aliphatic carbocycles. The zero-order chi connectivity index (χ0) is 19.5. The van der Waals surface area contributed by atoms with Gasteiger partial charge in [0.1, 0.15) is 21.1 Å². The smallest absolute Gasteiger partial charge is 0.255 e. The van der Waals surface area contributed by atoms with Crippen LogP contribution in [0.5, 0.6) is 5.75 Å². The van der Waals surface area contributed by atoms with Gasteiger partial charge in [0.25, 0.3) is 5.91 Å². The first-order valence-electron chi connectivity index (χ1n) is 9.01. The van der Waals surface area contributed by atoms with Crippen LogP contribution in [0.4, 0.5) is 5.69 Å². The highest BCUT2D eigenvalue weighted by molar-refractivity contribution is 7.21. The van der Waals surface area contributed by atoms with Crippen LogP contribution < -0.4 is 10.1 Å². The van der Waals surface area contributed by atoms with Gasteiger partial charge < -0.3 is 10.1 Å². The number of nitrogens with zero attached hydrogens (tertiary/aromatic N) is 2. The van der Waals surface area contributed by atoms with Crippen LogP contribution >= 0.6 is 11.3 Å². The van der Waals surface area contributed by atoms with E-state index < -0.39 is 0 Å². The summed E-state index contributed by atoms with van der Waals surface area (Å²) in [6.07, 6.45) is 1.77. The van der Waals surface area contributed by atoms with Crippen molar-refractivity contribution in [1.29, 1.82) is 0 Å². The Morgan fingerprint density at radius 1 is 1.11 bits per heavy atom. The highest BCUT2D eigenvalue weighted by Gasteiger charge is 2.14. The molecule has 0 atom stereocenters. The minimum Gasteiger partial charge on any atom is -0.494 e. The zero-order valence-corrected chi connectivity index (χ0v) is 16.4. The molecular weight excluding hydrogens is 370 g/mol. The molecule has 2 heterocycles. The molecule has 1 amide bonds. The predicted molar refractivity (Wildman–Crippen MR) is 113 cm³/mol. The molecule has 4 aromatic rings. The number of rotatable bonds is 5. The first-order chi connectivity index (χ1) is 13.7. The highest BCUT2D eigenvalue weighted by Crippen LogP contribution is 2.33. The van der Waals surface area contributed by atoms with Crippen molar-refractivity contribution in [2.75, 3.05) is 11.9 Å². The van der Waals surface area contributed by atoms with Crippen molar-refractivity contribution < 1.29 is 9.53 Å². The summed E-state index contributed by atoms with van der Waals surface area (Å²) >= 11 is 1.55. The fraction of sp³-hybridized carbons (Fsp3) is 0.136. The molecule has 0 radical (unpaired) electrons. The lowest BCUT2D eigenvalue weighted by molar-refractivity contribution is 0.102. The van der Waals surface area contributed by atoms with E-state index in [1.54, 1.807) is 41.8 Å². The maximum Gasteiger partial charge on any atom is 0.255 e. The molecule has 2 aromatic heterocycles.